The minimum absolute atomic E-state index is 0.143. The molecular formula is C15H22N2O. The summed E-state index contributed by atoms with van der Waals surface area (Å²) in [5, 5.41) is 0. The lowest BCUT2D eigenvalue weighted by molar-refractivity contribution is -0.0559. The Morgan fingerprint density at radius 3 is 2.33 bits per heavy atom. The summed E-state index contributed by atoms with van der Waals surface area (Å²) in [6, 6.07) is 11.1. The second-order valence-electron chi connectivity index (χ2n) is 5.63. The van der Waals surface area contributed by atoms with E-state index in [1.165, 1.54) is 18.4 Å². The fraction of sp³-hybridized carbons (Fsp3) is 0.600. The largest absolute Gasteiger partial charge is 0.372 e. The Balaban J connectivity index is 1.82. The van der Waals surface area contributed by atoms with E-state index in [0.29, 0.717) is 18.2 Å². The first kappa shape index (κ1) is 12.2. The van der Waals surface area contributed by atoms with Crippen LogP contribution in [0.3, 0.4) is 0 Å². The van der Waals surface area contributed by atoms with E-state index in [-0.39, 0.29) is 6.04 Å². The summed E-state index contributed by atoms with van der Waals surface area (Å²) in [6.45, 7) is 4.16. The zero-order valence-corrected chi connectivity index (χ0v) is 11.0. The van der Waals surface area contributed by atoms with Crippen molar-refractivity contribution < 1.29 is 4.74 Å². The topological polar surface area (TPSA) is 38.5 Å². The Labute approximate surface area is 109 Å². The van der Waals surface area contributed by atoms with Gasteiger partial charge in [0.15, 0.2) is 0 Å². The van der Waals surface area contributed by atoms with Gasteiger partial charge in [-0.3, -0.25) is 4.90 Å². The van der Waals surface area contributed by atoms with Crippen molar-refractivity contribution in [3.05, 3.63) is 35.9 Å². The summed E-state index contributed by atoms with van der Waals surface area (Å²) < 4.78 is 5.91. The predicted molar refractivity (Wildman–Crippen MR) is 72.3 cm³/mol. The normalized spacial score (nSPS) is 31.2. The molecule has 4 unspecified atom stereocenters. The van der Waals surface area contributed by atoms with Gasteiger partial charge in [0.25, 0.3) is 0 Å². The Hall–Kier alpha value is -0.900. The highest BCUT2D eigenvalue weighted by Crippen LogP contribution is 2.32. The minimum Gasteiger partial charge on any atom is -0.372 e. The van der Waals surface area contributed by atoms with Gasteiger partial charge in [0.1, 0.15) is 0 Å². The molecule has 2 fully saturated rings. The van der Waals surface area contributed by atoms with E-state index in [4.69, 9.17) is 10.5 Å². The third kappa shape index (κ3) is 2.30. The Kier molecular flexibility index (Phi) is 3.37. The molecule has 0 radical (unpaired) electrons. The van der Waals surface area contributed by atoms with Crippen LogP contribution in [0.4, 0.5) is 0 Å². The van der Waals surface area contributed by atoms with Gasteiger partial charge in [-0.25, -0.2) is 0 Å². The number of benzene rings is 1. The molecule has 2 heterocycles. The highest BCUT2D eigenvalue weighted by Gasteiger charge is 2.37. The molecule has 0 amide bonds. The molecule has 2 aliphatic rings. The first-order valence-corrected chi connectivity index (χ1v) is 6.94. The second kappa shape index (κ2) is 5.00. The van der Waals surface area contributed by atoms with Crippen molar-refractivity contribution in [2.24, 2.45) is 5.73 Å². The maximum Gasteiger partial charge on any atom is 0.0707 e. The van der Waals surface area contributed by atoms with Crippen molar-refractivity contribution in [3.8, 4) is 0 Å². The zero-order chi connectivity index (χ0) is 12.5. The lowest BCUT2D eigenvalue weighted by Crippen LogP contribution is -2.48. The van der Waals surface area contributed by atoms with E-state index >= 15 is 0 Å². The monoisotopic (exact) mass is 246 g/mol. The molecule has 0 spiro atoms. The molecule has 3 heteroatoms. The predicted octanol–water partition coefficient (Wildman–Crippen LogP) is 1.94. The Morgan fingerprint density at radius 2 is 1.78 bits per heavy atom. The van der Waals surface area contributed by atoms with Crippen LogP contribution in [-0.2, 0) is 4.74 Å². The smallest absolute Gasteiger partial charge is 0.0707 e. The fourth-order valence-corrected chi connectivity index (χ4v) is 3.37. The van der Waals surface area contributed by atoms with E-state index in [1.54, 1.807) is 0 Å². The highest BCUT2D eigenvalue weighted by molar-refractivity contribution is 5.21. The number of nitrogens with zero attached hydrogens (tertiary/aromatic N) is 1. The van der Waals surface area contributed by atoms with Crippen molar-refractivity contribution >= 4 is 0 Å². The first-order valence-electron chi connectivity index (χ1n) is 6.94. The van der Waals surface area contributed by atoms with Crippen molar-refractivity contribution in [2.45, 2.75) is 44.1 Å². The van der Waals surface area contributed by atoms with E-state index in [1.807, 2.05) is 0 Å². The molecule has 2 bridgehead atoms. The molecule has 0 aromatic heterocycles. The molecule has 2 saturated heterocycles. The number of hydrogen-bond donors (Lipinski definition) is 1. The molecule has 0 saturated carbocycles. The third-order valence-electron chi connectivity index (χ3n) is 4.10. The molecule has 1 aromatic carbocycles. The van der Waals surface area contributed by atoms with E-state index in [9.17, 15) is 0 Å². The molecule has 0 aliphatic carbocycles. The van der Waals surface area contributed by atoms with E-state index in [0.717, 1.165) is 13.1 Å². The molecule has 1 aromatic rings. The van der Waals surface area contributed by atoms with Crippen LogP contribution < -0.4 is 5.73 Å². The van der Waals surface area contributed by atoms with E-state index < -0.39 is 0 Å². The van der Waals surface area contributed by atoms with Gasteiger partial charge < -0.3 is 10.5 Å². The van der Waals surface area contributed by atoms with Crippen LogP contribution in [0.5, 0.6) is 0 Å². The SMILES string of the molecule is CC(N)C(c1ccccc1)N1CC2CCC(C1)O2. The lowest BCUT2D eigenvalue weighted by Gasteiger charge is -2.40. The van der Waals surface area contributed by atoms with Crippen molar-refractivity contribution in [1.29, 1.82) is 0 Å². The van der Waals surface area contributed by atoms with Gasteiger partial charge in [-0.1, -0.05) is 30.3 Å². The lowest BCUT2D eigenvalue weighted by atomic mass is 9.98. The zero-order valence-electron chi connectivity index (χ0n) is 11.0. The van der Waals surface area contributed by atoms with Gasteiger partial charge >= 0.3 is 0 Å². The fourth-order valence-electron chi connectivity index (χ4n) is 3.37. The van der Waals surface area contributed by atoms with Crippen LogP contribution in [0.25, 0.3) is 0 Å². The van der Waals surface area contributed by atoms with Crippen LogP contribution in [0, 0.1) is 0 Å². The van der Waals surface area contributed by atoms with Gasteiger partial charge in [0.05, 0.1) is 12.2 Å². The number of nitrogens with two attached hydrogens (primary N) is 1. The van der Waals surface area contributed by atoms with Gasteiger partial charge in [0, 0.05) is 25.2 Å². The molecule has 3 nitrogen and oxygen atoms in total. The maximum atomic E-state index is 6.23. The number of rotatable bonds is 3. The first-order chi connectivity index (χ1) is 8.74. The van der Waals surface area contributed by atoms with Crippen molar-refractivity contribution in [3.63, 3.8) is 0 Å². The van der Waals surface area contributed by atoms with Crippen LogP contribution in [0.2, 0.25) is 0 Å². The second-order valence-corrected chi connectivity index (χ2v) is 5.63. The molecular weight excluding hydrogens is 224 g/mol. The van der Waals surface area contributed by atoms with E-state index in [2.05, 4.69) is 42.2 Å². The van der Waals surface area contributed by atoms with Crippen LogP contribution in [-0.4, -0.2) is 36.2 Å². The van der Waals surface area contributed by atoms with Crippen LogP contribution in [0.15, 0.2) is 30.3 Å². The standard InChI is InChI=1S/C15H22N2O/c1-11(16)15(12-5-3-2-4-6-12)17-9-13-7-8-14(10-17)18-13/h2-6,11,13-15H,7-10,16H2,1H3. The van der Waals surface area contributed by atoms with Crippen molar-refractivity contribution in [2.75, 3.05) is 13.1 Å². The molecule has 98 valence electrons. The highest BCUT2D eigenvalue weighted by atomic mass is 16.5. The quantitative estimate of drug-likeness (QED) is 0.886. The number of hydrogen-bond acceptors (Lipinski definition) is 3. The molecule has 2 N–H and O–H groups in total. The summed E-state index contributed by atoms with van der Waals surface area (Å²) in [6.07, 6.45) is 3.27. The minimum atomic E-state index is 0.143. The third-order valence-corrected chi connectivity index (χ3v) is 4.10. The number of fused-ring (bicyclic) bond motifs is 2. The van der Waals surface area contributed by atoms with Crippen LogP contribution >= 0.6 is 0 Å². The molecule has 4 atom stereocenters. The van der Waals surface area contributed by atoms with Gasteiger partial charge in [0.2, 0.25) is 0 Å². The Morgan fingerprint density at radius 1 is 1.17 bits per heavy atom. The Bertz CT molecular complexity index is 381. The van der Waals surface area contributed by atoms with Crippen LogP contribution in [0.1, 0.15) is 31.4 Å². The molecule has 2 aliphatic heterocycles. The summed E-state index contributed by atoms with van der Waals surface area (Å²) in [5.41, 5.74) is 7.56. The van der Waals surface area contributed by atoms with Gasteiger partial charge in [-0.15, -0.1) is 0 Å². The van der Waals surface area contributed by atoms with Gasteiger partial charge in [-0.05, 0) is 25.3 Å². The molecule has 3 rings (SSSR count). The molecule has 18 heavy (non-hydrogen) atoms. The average Bonchev–Trinajstić information content (AvgIpc) is 2.70. The van der Waals surface area contributed by atoms with Crippen molar-refractivity contribution in [1.82, 2.24) is 4.90 Å². The summed E-state index contributed by atoms with van der Waals surface area (Å²) in [5.74, 6) is 0. The average molecular weight is 246 g/mol. The summed E-state index contributed by atoms with van der Waals surface area (Å²) in [7, 11) is 0. The number of morpholine rings is 1. The number of likely N-dealkylation sites (tertiary alicyclic amines) is 1. The summed E-state index contributed by atoms with van der Waals surface area (Å²) in [4.78, 5) is 2.52. The van der Waals surface area contributed by atoms with Gasteiger partial charge in [-0.2, -0.15) is 0 Å². The summed E-state index contributed by atoms with van der Waals surface area (Å²) >= 11 is 0. The maximum absolute atomic E-state index is 6.23. The number of ether oxygens (including phenoxy) is 1.